The fraction of sp³-hybridized carbons (Fsp3) is 0.278. The molecule has 0 fully saturated rings. The number of fused-ring (bicyclic) bond motifs is 1. The van der Waals surface area contributed by atoms with Crippen molar-refractivity contribution in [2.24, 2.45) is 5.14 Å². The van der Waals surface area contributed by atoms with E-state index in [1.54, 1.807) is 0 Å². The van der Waals surface area contributed by atoms with Gasteiger partial charge in [0.2, 0.25) is 10.0 Å². The summed E-state index contributed by atoms with van der Waals surface area (Å²) in [5, 5.41) is 5.89. The zero-order valence-electron chi connectivity index (χ0n) is 14.5. The van der Waals surface area contributed by atoms with Crippen LogP contribution < -0.4 is 9.88 Å². The maximum Gasteiger partial charge on any atom is 0.209 e. The number of aromatic nitrogens is 2. The first-order chi connectivity index (χ1) is 12.5. The number of rotatable bonds is 8. The Morgan fingerprint density at radius 2 is 1.88 bits per heavy atom. The minimum Gasteiger partial charge on any atom is -0.494 e. The van der Waals surface area contributed by atoms with E-state index >= 15 is 0 Å². The number of ether oxygens (including phenoxy) is 1. The minimum absolute atomic E-state index is 0.0245. The molecule has 0 radical (unpaired) electrons. The predicted molar refractivity (Wildman–Crippen MR) is 106 cm³/mol. The highest BCUT2D eigenvalue weighted by atomic mass is 32.2. The molecule has 0 spiro atoms. The third-order valence-corrected chi connectivity index (χ3v) is 5.62. The highest BCUT2D eigenvalue weighted by Gasteiger charge is 2.13. The average Bonchev–Trinajstić information content (AvgIpc) is 2.97. The Hall–Kier alpha value is -2.03. The second-order valence-corrected chi connectivity index (χ2v) is 8.51. The number of sulfonamides is 1. The first-order valence-corrected chi connectivity index (χ1v) is 11.0. The number of nitrogens with zero attached hydrogens (tertiary/aromatic N) is 2. The van der Waals surface area contributed by atoms with Crippen molar-refractivity contribution < 1.29 is 13.2 Å². The predicted octanol–water partition coefficient (Wildman–Crippen LogP) is 3.19. The Kier molecular flexibility index (Phi) is 5.85. The number of para-hydroxylation sites is 2. The Morgan fingerprint density at radius 3 is 2.58 bits per heavy atom. The fourth-order valence-corrected chi connectivity index (χ4v) is 4.33. The van der Waals surface area contributed by atoms with Gasteiger partial charge >= 0.3 is 0 Å². The van der Waals surface area contributed by atoms with Crippen molar-refractivity contribution in [1.82, 2.24) is 9.55 Å². The summed E-state index contributed by atoms with van der Waals surface area (Å²) in [6, 6.07) is 15.8. The van der Waals surface area contributed by atoms with Gasteiger partial charge in [0.15, 0.2) is 5.16 Å². The van der Waals surface area contributed by atoms with Gasteiger partial charge in [0.25, 0.3) is 0 Å². The largest absolute Gasteiger partial charge is 0.494 e. The van der Waals surface area contributed by atoms with E-state index in [0.717, 1.165) is 27.6 Å². The van der Waals surface area contributed by atoms with Gasteiger partial charge in [-0.2, -0.15) is 0 Å². The lowest BCUT2D eigenvalue weighted by Crippen LogP contribution is -2.16. The molecule has 0 amide bonds. The molecular weight excluding hydrogens is 370 g/mol. The molecule has 26 heavy (non-hydrogen) atoms. The Balaban J connectivity index is 1.89. The van der Waals surface area contributed by atoms with Gasteiger partial charge < -0.3 is 4.74 Å². The van der Waals surface area contributed by atoms with Crippen molar-refractivity contribution in [3.05, 3.63) is 48.5 Å². The van der Waals surface area contributed by atoms with Crippen molar-refractivity contribution in [2.45, 2.75) is 18.5 Å². The second kappa shape index (κ2) is 8.11. The van der Waals surface area contributed by atoms with Gasteiger partial charge in [-0.3, -0.25) is 4.57 Å². The number of imidazole rings is 1. The van der Waals surface area contributed by atoms with Crippen molar-refractivity contribution in [2.75, 3.05) is 18.1 Å². The maximum absolute atomic E-state index is 11.1. The lowest BCUT2D eigenvalue weighted by molar-refractivity contribution is 0.340. The first-order valence-electron chi connectivity index (χ1n) is 8.32. The van der Waals surface area contributed by atoms with Crippen LogP contribution in [0.1, 0.15) is 13.3 Å². The summed E-state index contributed by atoms with van der Waals surface area (Å²) in [6.45, 7) is 2.58. The van der Waals surface area contributed by atoms with Crippen molar-refractivity contribution in [3.63, 3.8) is 0 Å². The average molecular weight is 392 g/mol. The SMILES string of the molecule is CCOc1ccc(-n2c(SCCCS(N)(=O)=O)nc3ccccc32)cc1. The lowest BCUT2D eigenvalue weighted by atomic mass is 10.2. The molecule has 1 aromatic heterocycles. The molecule has 0 saturated heterocycles. The zero-order chi connectivity index (χ0) is 18.6. The van der Waals surface area contributed by atoms with E-state index < -0.39 is 10.0 Å². The summed E-state index contributed by atoms with van der Waals surface area (Å²) >= 11 is 1.52. The number of hydrogen-bond donors (Lipinski definition) is 1. The summed E-state index contributed by atoms with van der Waals surface area (Å²) in [4.78, 5) is 4.70. The Morgan fingerprint density at radius 1 is 1.15 bits per heavy atom. The van der Waals surface area contributed by atoms with Crippen molar-refractivity contribution in [1.29, 1.82) is 0 Å². The van der Waals surface area contributed by atoms with Crippen molar-refractivity contribution in [3.8, 4) is 11.4 Å². The molecule has 2 N–H and O–H groups in total. The van der Waals surface area contributed by atoms with Crippen LogP contribution in [0.5, 0.6) is 5.75 Å². The highest BCUT2D eigenvalue weighted by molar-refractivity contribution is 7.99. The van der Waals surface area contributed by atoms with Gasteiger partial charge in [0.1, 0.15) is 5.75 Å². The van der Waals surface area contributed by atoms with Crippen LogP contribution in [0.25, 0.3) is 16.7 Å². The minimum atomic E-state index is -3.43. The van der Waals surface area contributed by atoms with Gasteiger partial charge in [-0.05, 0) is 49.7 Å². The monoisotopic (exact) mass is 391 g/mol. The number of primary sulfonamides is 1. The number of nitrogens with two attached hydrogens (primary N) is 1. The van der Waals surface area contributed by atoms with E-state index in [-0.39, 0.29) is 5.75 Å². The lowest BCUT2D eigenvalue weighted by Gasteiger charge is -2.10. The van der Waals surface area contributed by atoms with Crippen LogP contribution in [-0.2, 0) is 10.0 Å². The molecule has 0 unspecified atom stereocenters. The Labute approximate surface area is 157 Å². The summed E-state index contributed by atoms with van der Waals surface area (Å²) in [5.74, 6) is 1.42. The van der Waals surface area contributed by atoms with Gasteiger partial charge in [-0.1, -0.05) is 23.9 Å². The van der Waals surface area contributed by atoms with Crippen LogP contribution in [0.2, 0.25) is 0 Å². The van der Waals surface area contributed by atoms with Crippen molar-refractivity contribution >= 4 is 32.8 Å². The molecule has 0 aliphatic carbocycles. The van der Waals surface area contributed by atoms with Gasteiger partial charge in [-0.25, -0.2) is 18.5 Å². The van der Waals surface area contributed by atoms with Crippen LogP contribution >= 0.6 is 11.8 Å². The standard InChI is InChI=1S/C18H21N3O3S2/c1-2-24-15-10-8-14(9-11-15)21-17-7-4-3-6-16(17)20-18(21)25-12-5-13-26(19,22)23/h3-4,6-11H,2,5,12-13H2,1H3,(H2,19,22,23). The highest BCUT2D eigenvalue weighted by Crippen LogP contribution is 2.29. The summed E-state index contributed by atoms with van der Waals surface area (Å²) < 4.78 is 29.8. The third-order valence-electron chi connectivity index (χ3n) is 3.74. The molecule has 2 aromatic carbocycles. The molecule has 3 aromatic rings. The zero-order valence-corrected chi connectivity index (χ0v) is 16.1. The van der Waals surface area contributed by atoms with Gasteiger partial charge in [0.05, 0.1) is 23.4 Å². The molecule has 8 heteroatoms. The molecule has 6 nitrogen and oxygen atoms in total. The molecule has 0 saturated carbocycles. The second-order valence-electron chi connectivity index (χ2n) is 5.71. The quantitative estimate of drug-likeness (QED) is 0.471. The topological polar surface area (TPSA) is 87.2 Å². The van der Waals surface area contributed by atoms with E-state index in [1.807, 2.05) is 55.5 Å². The van der Waals surface area contributed by atoms with Crippen LogP contribution in [0.15, 0.2) is 53.7 Å². The summed E-state index contributed by atoms with van der Waals surface area (Å²) in [5.41, 5.74) is 2.89. The summed E-state index contributed by atoms with van der Waals surface area (Å²) in [7, 11) is -3.43. The van der Waals surface area contributed by atoms with Crippen LogP contribution in [0.3, 0.4) is 0 Å². The number of benzene rings is 2. The smallest absolute Gasteiger partial charge is 0.209 e. The normalized spacial score (nSPS) is 11.8. The molecule has 0 aliphatic rings. The van der Waals surface area contributed by atoms with E-state index in [0.29, 0.717) is 18.8 Å². The molecule has 3 rings (SSSR count). The van der Waals surface area contributed by atoms with E-state index in [4.69, 9.17) is 14.9 Å². The first kappa shape index (κ1) is 18.8. The van der Waals surface area contributed by atoms with Gasteiger partial charge in [-0.15, -0.1) is 0 Å². The Bertz CT molecular complexity index is 983. The van der Waals surface area contributed by atoms with E-state index in [2.05, 4.69) is 4.57 Å². The fourth-order valence-electron chi connectivity index (χ4n) is 2.63. The molecular formula is C18H21N3O3S2. The maximum atomic E-state index is 11.1. The van der Waals surface area contributed by atoms with E-state index in [1.165, 1.54) is 11.8 Å². The van der Waals surface area contributed by atoms with Crippen LogP contribution in [-0.4, -0.2) is 36.1 Å². The molecule has 0 bridgehead atoms. The molecule has 1 heterocycles. The molecule has 0 aliphatic heterocycles. The molecule has 0 atom stereocenters. The number of thioether (sulfide) groups is 1. The summed E-state index contributed by atoms with van der Waals surface area (Å²) in [6.07, 6.45) is 0.482. The van der Waals surface area contributed by atoms with Crippen LogP contribution in [0, 0.1) is 0 Å². The van der Waals surface area contributed by atoms with E-state index in [9.17, 15) is 8.42 Å². The molecule has 138 valence electrons. The third kappa shape index (κ3) is 4.57. The van der Waals surface area contributed by atoms with Gasteiger partial charge in [0, 0.05) is 11.4 Å². The number of hydrogen-bond acceptors (Lipinski definition) is 5. The van der Waals surface area contributed by atoms with Crippen LogP contribution in [0.4, 0.5) is 0 Å².